The Balaban J connectivity index is 2.40. The molecule has 1 amide bonds. The Kier molecular flexibility index (Phi) is 1.68. The van der Waals surface area contributed by atoms with Crippen molar-refractivity contribution in [3.05, 3.63) is 18.0 Å². The van der Waals surface area contributed by atoms with Gasteiger partial charge in [-0.1, -0.05) is 0 Å². The second-order valence-electron chi connectivity index (χ2n) is 3.95. The zero-order valence-corrected chi connectivity index (χ0v) is 8.55. The Labute approximate surface area is 91.3 Å². The normalized spacial score (nSPS) is 15.5. The number of primary amides is 1. The van der Waals surface area contributed by atoms with Crippen LogP contribution in [0.5, 0.6) is 0 Å². The minimum absolute atomic E-state index is 0.287. The van der Waals surface area contributed by atoms with Gasteiger partial charge in [-0.2, -0.15) is 0 Å². The summed E-state index contributed by atoms with van der Waals surface area (Å²) in [7, 11) is 0. The largest absolute Gasteiger partial charge is 0.384 e. The third-order valence-corrected chi connectivity index (χ3v) is 2.82. The predicted molar refractivity (Wildman–Crippen MR) is 58.7 cm³/mol. The molecule has 6 heteroatoms. The van der Waals surface area contributed by atoms with Crippen molar-refractivity contribution in [2.75, 3.05) is 5.73 Å². The lowest BCUT2D eigenvalue weighted by molar-refractivity contribution is 0.100. The Morgan fingerprint density at radius 3 is 2.69 bits per heavy atom. The Hall–Kier alpha value is -2.11. The first-order chi connectivity index (χ1) is 7.70. The van der Waals surface area contributed by atoms with E-state index in [1.807, 2.05) is 4.57 Å². The van der Waals surface area contributed by atoms with Gasteiger partial charge in [0, 0.05) is 18.4 Å². The second-order valence-corrected chi connectivity index (χ2v) is 3.95. The summed E-state index contributed by atoms with van der Waals surface area (Å²) < 4.78 is 1.86. The molecule has 82 valence electrons. The highest BCUT2D eigenvalue weighted by atomic mass is 16.1. The average molecular weight is 217 g/mol. The number of fused-ring (bicyclic) bond motifs is 1. The summed E-state index contributed by atoms with van der Waals surface area (Å²) in [5.74, 6) is -0.168. The number of carbonyl (C=O) groups is 1. The monoisotopic (exact) mass is 217 g/mol. The van der Waals surface area contributed by atoms with Crippen LogP contribution in [0.1, 0.15) is 29.2 Å². The molecule has 0 radical (unpaired) electrons. The predicted octanol–water partition coefficient (Wildman–Crippen LogP) is 0.447. The number of amides is 1. The summed E-state index contributed by atoms with van der Waals surface area (Å²) >= 11 is 0. The van der Waals surface area contributed by atoms with E-state index < -0.39 is 5.91 Å². The van der Waals surface area contributed by atoms with Crippen LogP contribution in [0, 0.1) is 0 Å². The van der Waals surface area contributed by atoms with E-state index in [0.29, 0.717) is 23.0 Å². The molecular formula is C10H11N5O. The van der Waals surface area contributed by atoms with E-state index in [1.165, 1.54) is 6.20 Å². The number of nitrogens with two attached hydrogens (primary N) is 2. The molecule has 1 saturated carbocycles. The number of rotatable bonds is 2. The Morgan fingerprint density at radius 1 is 1.38 bits per heavy atom. The summed E-state index contributed by atoms with van der Waals surface area (Å²) in [6.45, 7) is 0. The molecule has 3 rings (SSSR count). The van der Waals surface area contributed by atoms with Gasteiger partial charge >= 0.3 is 0 Å². The SMILES string of the molecule is NC(=O)c1c(N)n(C2CC2)c2nccnc12. The molecule has 1 aliphatic rings. The first-order valence-electron chi connectivity index (χ1n) is 5.10. The van der Waals surface area contributed by atoms with E-state index in [4.69, 9.17) is 11.5 Å². The lowest BCUT2D eigenvalue weighted by atomic mass is 10.2. The molecule has 4 N–H and O–H groups in total. The van der Waals surface area contributed by atoms with Gasteiger partial charge in [0.25, 0.3) is 5.91 Å². The van der Waals surface area contributed by atoms with Crippen molar-refractivity contribution < 1.29 is 4.79 Å². The van der Waals surface area contributed by atoms with Crippen LogP contribution >= 0.6 is 0 Å². The van der Waals surface area contributed by atoms with Crippen molar-refractivity contribution in [1.82, 2.24) is 14.5 Å². The van der Waals surface area contributed by atoms with Gasteiger partial charge in [0.2, 0.25) is 0 Å². The van der Waals surface area contributed by atoms with E-state index in [0.717, 1.165) is 12.8 Å². The molecular weight excluding hydrogens is 206 g/mol. The quantitative estimate of drug-likeness (QED) is 0.762. The number of carbonyl (C=O) groups excluding carboxylic acids is 1. The van der Waals surface area contributed by atoms with Crippen molar-refractivity contribution in [3.8, 4) is 0 Å². The lowest BCUT2D eigenvalue weighted by Crippen LogP contribution is -2.14. The lowest BCUT2D eigenvalue weighted by Gasteiger charge is -2.03. The molecule has 0 saturated heterocycles. The van der Waals surface area contributed by atoms with Gasteiger partial charge in [-0.05, 0) is 12.8 Å². The number of hydrogen-bond donors (Lipinski definition) is 2. The van der Waals surface area contributed by atoms with Crippen LogP contribution in [-0.4, -0.2) is 20.4 Å². The summed E-state index contributed by atoms with van der Waals surface area (Å²) in [5.41, 5.74) is 12.7. The Bertz CT molecular complexity index is 584. The standard InChI is InChI=1S/C10H11N5O/c11-8-6(9(12)16)7-10(14-4-3-13-7)15(8)5-1-2-5/h3-5H,1-2,11H2,(H2,12,16). The van der Waals surface area contributed by atoms with Gasteiger partial charge in [-0.3, -0.25) is 9.78 Å². The zero-order chi connectivity index (χ0) is 11.3. The molecule has 0 atom stereocenters. The maximum absolute atomic E-state index is 11.4. The molecule has 2 aromatic rings. The fourth-order valence-corrected chi connectivity index (χ4v) is 1.98. The van der Waals surface area contributed by atoms with E-state index >= 15 is 0 Å². The van der Waals surface area contributed by atoms with Gasteiger partial charge in [0.1, 0.15) is 16.9 Å². The van der Waals surface area contributed by atoms with Gasteiger partial charge in [0.05, 0.1) is 0 Å². The van der Waals surface area contributed by atoms with Crippen LogP contribution in [0.3, 0.4) is 0 Å². The molecule has 16 heavy (non-hydrogen) atoms. The maximum Gasteiger partial charge on any atom is 0.254 e. The topological polar surface area (TPSA) is 99.8 Å². The summed E-state index contributed by atoms with van der Waals surface area (Å²) in [5, 5.41) is 0. The first kappa shape index (κ1) is 9.14. The molecule has 2 aromatic heterocycles. The highest BCUT2D eigenvalue weighted by molar-refractivity contribution is 6.08. The summed E-state index contributed by atoms with van der Waals surface area (Å²) in [4.78, 5) is 19.7. The molecule has 2 heterocycles. The van der Waals surface area contributed by atoms with Crippen molar-refractivity contribution in [1.29, 1.82) is 0 Å². The molecule has 1 aliphatic carbocycles. The molecule has 6 nitrogen and oxygen atoms in total. The molecule has 0 spiro atoms. The average Bonchev–Trinajstić information content (AvgIpc) is 3.01. The van der Waals surface area contributed by atoms with Crippen molar-refractivity contribution in [2.24, 2.45) is 5.73 Å². The summed E-state index contributed by atoms with van der Waals surface area (Å²) in [6.07, 6.45) is 5.24. The number of aromatic nitrogens is 3. The number of nitrogen functional groups attached to an aromatic ring is 1. The van der Waals surface area contributed by atoms with E-state index in [1.54, 1.807) is 6.20 Å². The van der Waals surface area contributed by atoms with Crippen LogP contribution in [-0.2, 0) is 0 Å². The van der Waals surface area contributed by atoms with Crippen molar-refractivity contribution in [2.45, 2.75) is 18.9 Å². The fourth-order valence-electron chi connectivity index (χ4n) is 1.98. The highest BCUT2D eigenvalue weighted by Gasteiger charge is 2.31. The van der Waals surface area contributed by atoms with E-state index in [-0.39, 0.29) is 5.56 Å². The Morgan fingerprint density at radius 2 is 2.06 bits per heavy atom. The van der Waals surface area contributed by atoms with Crippen LogP contribution in [0.15, 0.2) is 12.4 Å². The smallest absolute Gasteiger partial charge is 0.254 e. The molecule has 0 unspecified atom stereocenters. The van der Waals surface area contributed by atoms with Gasteiger partial charge in [0.15, 0.2) is 5.65 Å². The van der Waals surface area contributed by atoms with E-state index in [2.05, 4.69) is 9.97 Å². The van der Waals surface area contributed by atoms with Crippen LogP contribution in [0.4, 0.5) is 5.82 Å². The third-order valence-electron chi connectivity index (χ3n) is 2.82. The van der Waals surface area contributed by atoms with Crippen LogP contribution in [0.25, 0.3) is 11.2 Å². The second kappa shape index (κ2) is 2.94. The number of hydrogen-bond acceptors (Lipinski definition) is 4. The van der Waals surface area contributed by atoms with Crippen molar-refractivity contribution in [3.63, 3.8) is 0 Å². The zero-order valence-electron chi connectivity index (χ0n) is 8.55. The van der Waals surface area contributed by atoms with Crippen LogP contribution < -0.4 is 11.5 Å². The van der Waals surface area contributed by atoms with Gasteiger partial charge in [-0.15, -0.1) is 0 Å². The van der Waals surface area contributed by atoms with Gasteiger partial charge < -0.3 is 16.0 Å². The highest BCUT2D eigenvalue weighted by Crippen LogP contribution is 2.41. The molecule has 0 bridgehead atoms. The van der Waals surface area contributed by atoms with Gasteiger partial charge in [-0.25, -0.2) is 4.98 Å². The molecule has 0 aliphatic heterocycles. The fraction of sp³-hybridized carbons (Fsp3) is 0.300. The molecule has 1 fully saturated rings. The minimum Gasteiger partial charge on any atom is -0.384 e. The minimum atomic E-state index is -0.553. The van der Waals surface area contributed by atoms with E-state index in [9.17, 15) is 4.79 Å². The maximum atomic E-state index is 11.4. The summed E-state index contributed by atoms with van der Waals surface area (Å²) in [6, 6.07) is 0.340. The molecule has 0 aromatic carbocycles. The first-order valence-corrected chi connectivity index (χ1v) is 5.10. The number of anilines is 1. The third kappa shape index (κ3) is 1.09. The van der Waals surface area contributed by atoms with Crippen LogP contribution in [0.2, 0.25) is 0 Å². The number of nitrogens with zero attached hydrogens (tertiary/aromatic N) is 3. The van der Waals surface area contributed by atoms with Crippen molar-refractivity contribution >= 4 is 22.9 Å².